The second-order valence-corrected chi connectivity index (χ2v) is 7.89. The summed E-state index contributed by atoms with van der Waals surface area (Å²) in [6.07, 6.45) is 6.29. The van der Waals surface area contributed by atoms with E-state index in [0.29, 0.717) is 6.42 Å². The Morgan fingerprint density at radius 2 is 1.90 bits per heavy atom. The van der Waals surface area contributed by atoms with Gasteiger partial charge in [0.1, 0.15) is 0 Å². The summed E-state index contributed by atoms with van der Waals surface area (Å²) < 4.78 is 0. The summed E-state index contributed by atoms with van der Waals surface area (Å²) in [5.74, 6) is 0. The predicted molar refractivity (Wildman–Crippen MR) is 121 cm³/mol. The quantitative estimate of drug-likeness (QED) is 0.520. The molecule has 1 fully saturated rings. The van der Waals surface area contributed by atoms with Crippen LogP contribution >= 0.6 is 0 Å². The summed E-state index contributed by atoms with van der Waals surface area (Å²) in [5, 5.41) is 6.92. The standard InChI is InChI=1S/C23H25N7O/c1-2-17-12-21-22(27-23(17)31)11-16(13-24-21)15-29-7-9-30(10-8-29)18-3-4-19(25-14-18)20-5-6-26-28-20/h3-6,11-14H,2,7-10,15H2,1H3,(H,26,28)(H,27,31). The molecule has 158 valence electrons. The van der Waals surface area contributed by atoms with Crippen LogP contribution in [0.25, 0.3) is 22.4 Å². The van der Waals surface area contributed by atoms with Gasteiger partial charge < -0.3 is 9.88 Å². The van der Waals surface area contributed by atoms with E-state index in [0.717, 1.165) is 72.0 Å². The molecule has 31 heavy (non-hydrogen) atoms. The van der Waals surface area contributed by atoms with Gasteiger partial charge in [-0.3, -0.25) is 24.8 Å². The molecule has 0 aliphatic carbocycles. The van der Waals surface area contributed by atoms with Crippen LogP contribution in [0.2, 0.25) is 0 Å². The topological polar surface area (TPSA) is 93.8 Å². The molecular weight excluding hydrogens is 390 g/mol. The van der Waals surface area contributed by atoms with Crippen molar-refractivity contribution in [2.75, 3.05) is 31.1 Å². The fraction of sp³-hybridized carbons (Fsp3) is 0.304. The van der Waals surface area contributed by atoms with E-state index in [1.165, 1.54) is 0 Å². The first-order valence-electron chi connectivity index (χ1n) is 10.6. The average molecular weight is 416 g/mol. The number of nitrogens with one attached hydrogen (secondary N) is 2. The number of piperazine rings is 1. The maximum atomic E-state index is 12.1. The lowest BCUT2D eigenvalue weighted by Crippen LogP contribution is -2.46. The molecule has 5 heterocycles. The predicted octanol–water partition coefficient (Wildman–Crippen LogP) is 2.59. The van der Waals surface area contributed by atoms with Crippen molar-refractivity contribution in [1.29, 1.82) is 0 Å². The molecule has 8 heteroatoms. The van der Waals surface area contributed by atoms with E-state index in [9.17, 15) is 4.79 Å². The number of rotatable bonds is 5. The number of anilines is 1. The zero-order valence-corrected chi connectivity index (χ0v) is 17.5. The van der Waals surface area contributed by atoms with Gasteiger partial charge in [0, 0.05) is 50.7 Å². The van der Waals surface area contributed by atoms with Gasteiger partial charge in [-0.05, 0) is 42.3 Å². The van der Waals surface area contributed by atoms with Crippen LogP contribution in [0.15, 0.2) is 53.7 Å². The minimum absolute atomic E-state index is 0.0188. The van der Waals surface area contributed by atoms with Crippen molar-refractivity contribution >= 4 is 16.7 Å². The number of fused-ring (bicyclic) bond motifs is 1. The number of nitrogens with zero attached hydrogens (tertiary/aromatic N) is 5. The van der Waals surface area contributed by atoms with Crippen molar-refractivity contribution in [2.45, 2.75) is 19.9 Å². The van der Waals surface area contributed by atoms with Gasteiger partial charge in [-0.25, -0.2) is 0 Å². The van der Waals surface area contributed by atoms with E-state index in [1.807, 2.05) is 43.6 Å². The Kier molecular flexibility index (Phi) is 5.21. The van der Waals surface area contributed by atoms with Crippen LogP contribution < -0.4 is 10.5 Å². The second-order valence-electron chi connectivity index (χ2n) is 7.89. The summed E-state index contributed by atoms with van der Waals surface area (Å²) in [6.45, 7) is 6.63. The van der Waals surface area contributed by atoms with Gasteiger partial charge in [-0.15, -0.1) is 0 Å². The Morgan fingerprint density at radius 1 is 1.03 bits per heavy atom. The lowest BCUT2D eigenvalue weighted by molar-refractivity contribution is 0.249. The summed E-state index contributed by atoms with van der Waals surface area (Å²) in [7, 11) is 0. The first-order chi connectivity index (χ1) is 15.2. The molecular formula is C23H25N7O. The molecule has 1 saturated heterocycles. The smallest absolute Gasteiger partial charge is 0.251 e. The number of H-pyrrole nitrogens is 2. The minimum Gasteiger partial charge on any atom is -0.368 e. The van der Waals surface area contributed by atoms with Crippen LogP contribution in [0.3, 0.4) is 0 Å². The molecule has 1 aliphatic heterocycles. The largest absolute Gasteiger partial charge is 0.368 e. The third-order valence-corrected chi connectivity index (χ3v) is 5.88. The summed E-state index contributed by atoms with van der Waals surface area (Å²) in [4.78, 5) is 29.0. The van der Waals surface area contributed by atoms with E-state index in [-0.39, 0.29) is 5.56 Å². The molecule has 1 aliphatic rings. The molecule has 0 saturated carbocycles. The van der Waals surface area contributed by atoms with Gasteiger partial charge >= 0.3 is 0 Å². The molecule has 0 atom stereocenters. The zero-order valence-electron chi connectivity index (χ0n) is 17.5. The first kappa shape index (κ1) is 19.4. The highest BCUT2D eigenvalue weighted by atomic mass is 16.1. The number of pyridine rings is 3. The SMILES string of the molecule is CCc1cc2ncc(CN3CCN(c4ccc(-c5ccn[nH]5)nc4)CC3)cc2[nH]c1=O. The Bertz CT molecular complexity index is 1220. The highest BCUT2D eigenvalue weighted by Crippen LogP contribution is 2.20. The van der Waals surface area contributed by atoms with E-state index < -0.39 is 0 Å². The Labute approximate surface area is 180 Å². The molecule has 2 N–H and O–H groups in total. The minimum atomic E-state index is -0.0188. The van der Waals surface area contributed by atoms with E-state index in [2.05, 4.69) is 41.0 Å². The number of hydrogen-bond donors (Lipinski definition) is 2. The highest BCUT2D eigenvalue weighted by molar-refractivity contribution is 5.74. The van der Waals surface area contributed by atoms with Crippen LogP contribution in [-0.4, -0.2) is 56.2 Å². The number of aryl methyl sites for hydroxylation is 1. The molecule has 0 aromatic carbocycles. The van der Waals surface area contributed by atoms with Gasteiger partial charge in [0.05, 0.1) is 34.3 Å². The monoisotopic (exact) mass is 415 g/mol. The zero-order chi connectivity index (χ0) is 21.2. The number of aromatic nitrogens is 5. The van der Waals surface area contributed by atoms with Crippen LogP contribution in [0, 0.1) is 0 Å². The molecule has 0 spiro atoms. The molecule has 0 amide bonds. The van der Waals surface area contributed by atoms with E-state index >= 15 is 0 Å². The number of aromatic amines is 2. The fourth-order valence-corrected chi connectivity index (χ4v) is 4.07. The number of hydrogen-bond acceptors (Lipinski definition) is 6. The van der Waals surface area contributed by atoms with Crippen LogP contribution in [0.5, 0.6) is 0 Å². The van der Waals surface area contributed by atoms with Gasteiger partial charge in [0.25, 0.3) is 5.56 Å². The fourth-order valence-electron chi connectivity index (χ4n) is 4.07. The van der Waals surface area contributed by atoms with Crippen LogP contribution in [-0.2, 0) is 13.0 Å². The van der Waals surface area contributed by atoms with E-state index in [4.69, 9.17) is 0 Å². The molecule has 5 rings (SSSR count). The van der Waals surface area contributed by atoms with Gasteiger partial charge in [0.2, 0.25) is 0 Å². The maximum Gasteiger partial charge on any atom is 0.251 e. The highest BCUT2D eigenvalue weighted by Gasteiger charge is 2.18. The van der Waals surface area contributed by atoms with Crippen LogP contribution in [0.1, 0.15) is 18.1 Å². The van der Waals surface area contributed by atoms with Crippen molar-refractivity contribution in [3.8, 4) is 11.4 Å². The lowest BCUT2D eigenvalue weighted by atomic mass is 10.1. The van der Waals surface area contributed by atoms with Gasteiger partial charge in [-0.1, -0.05) is 6.92 Å². The third kappa shape index (κ3) is 4.06. The first-order valence-corrected chi connectivity index (χ1v) is 10.6. The molecule has 0 bridgehead atoms. The van der Waals surface area contributed by atoms with Crippen molar-refractivity contribution in [3.63, 3.8) is 0 Å². The van der Waals surface area contributed by atoms with Gasteiger partial charge in [0.15, 0.2) is 0 Å². The second kappa shape index (κ2) is 8.31. The summed E-state index contributed by atoms with van der Waals surface area (Å²) in [6, 6.07) is 10.0. The van der Waals surface area contributed by atoms with Gasteiger partial charge in [-0.2, -0.15) is 5.10 Å². The molecule has 4 aromatic rings. The van der Waals surface area contributed by atoms with Crippen molar-refractivity contribution in [2.24, 2.45) is 0 Å². The Balaban J connectivity index is 1.22. The molecule has 0 radical (unpaired) electrons. The maximum absolute atomic E-state index is 12.1. The van der Waals surface area contributed by atoms with Crippen molar-refractivity contribution in [1.82, 2.24) is 30.0 Å². The van der Waals surface area contributed by atoms with Crippen LogP contribution in [0.4, 0.5) is 5.69 Å². The lowest BCUT2D eigenvalue weighted by Gasteiger charge is -2.36. The van der Waals surface area contributed by atoms with Crippen molar-refractivity contribution < 1.29 is 0 Å². The average Bonchev–Trinajstić information content (AvgIpc) is 3.34. The Hall–Kier alpha value is -3.52. The summed E-state index contributed by atoms with van der Waals surface area (Å²) in [5.41, 5.74) is 6.48. The summed E-state index contributed by atoms with van der Waals surface area (Å²) >= 11 is 0. The third-order valence-electron chi connectivity index (χ3n) is 5.88. The molecule has 4 aromatic heterocycles. The van der Waals surface area contributed by atoms with Crippen molar-refractivity contribution in [3.05, 3.63) is 70.4 Å². The van der Waals surface area contributed by atoms with E-state index in [1.54, 1.807) is 6.20 Å². The Morgan fingerprint density at radius 3 is 2.61 bits per heavy atom. The normalized spacial score (nSPS) is 14.9. The molecule has 8 nitrogen and oxygen atoms in total. The molecule has 0 unspecified atom stereocenters.